The van der Waals surface area contributed by atoms with Gasteiger partial charge in [0.25, 0.3) is 5.69 Å². The molecule has 20 heavy (non-hydrogen) atoms. The molecule has 5 nitrogen and oxygen atoms in total. The summed E-state index contributed by atoms with van der Waals surface area (Å²) >= 11 is 0. The molecular weight excluding hydrogens is 258 g/mol. The maximum Gasteiger partial charge on any atom is 0.270 e. The number of benzene rings is 2. The number of ether oxygens (including phenoxy) is 1. The van der Waals surface area contributed by atoms with Gasteiger partial charge >= 0.3 is 0 Å². The lowest BCUT2D eigenvalue weighted by molar-refractivity contribution is -0.384. The second-order valence-electron chi connectivity index (χ2n) is 4.08. The molecule has 0 atom stereocenters. The van der Waals surface area contributed by atoms with Gasteiger partial charge in [0, 0.05) is 23.3 Å². The van der Waals surface area contributed by atoms with E-state index < -0.39 is 4.92 Å². The molecule has 0 amide bonds. The van der Waals surface area contributed by atoms with Crippen molar-refractivity contribution in [3.8, 4) is 11.5 Å². The second kappa shape index (κ2) is 5.88. The lowest BCUT2D eigenvalue weighted by Crippen LogP contribution is -1.88. The number of hydrogen-bond donors (Lipinski definition) is 1. The van der Waals surface area contributed by atoms with Crippen LogP contribution in [0.4, 0.5) is 5.69 Å². The number of nitrogens with zero attached hydrogens (tertiary/aromatic N) is 1. The monoisotopic (exact) mass is 271 g/mol. The molecule has 102 valence electrons. The summed E-state index contributed by atoms with van der Waals surface area (Å²) < 4.78 is 5.20. The Morgan fingerprint density at radius 1 is 1.15 bits per heavy atom. The Labute approximate surface area is 115 Å². The topological polar surface area (TPSA) is 72.6 Å². The van der Waals surface area contributed by atoms with Gasteiger partial charge in [-0.15, -0.1) is 0 Å². The third-order valence-corrected chi connectivity index (χ3v) is 2.80. The molecule has 0 aromatic heterocycles. The molecule has 0 saturated heterocycles. The predicted molar refractivity (Wildman–Crippen MR) is 76.7 cm³/mol. The van der Waals surface area contributed by atoms with Crippen LogP contribution in [0.15, 0.2) is 42.5 Å². The molecule has 2 aromatic carbocycles. The molecule has 0 bridgehead atoms. The maximum atomic E-state index is 10.7. The largest absolute Gasteiger partial charge is 0.507 e. The molecule has 0 spiro atoms. The zero-order valence-corrected chi connectivity index (χ0v) is 10.8. The normalized spacial score (nSPS) is 10.7. The minimum Gasteiger partial charge on any atom is -0.507 e. The maximum absolute atomic E-state index is 10.7. The van der Waals surface area contributed by atoms with Crippen molar-refractivity contribution in [1.82, 2.24) is 0 Å². The minimum atomic E-state index is -0.500. The van der Waals surface area contributed by atoms with Crippen LogP contribution in [-0.4, -0.2) is 17.1 Å². The number of non-ortho nitro benzene ring substituents is 1. The Balaban J connectivity index is 2.36. The second-order valence-corrected chi connectivity index (χ2v) is 4.08. The summed E-state index contributed by atoms with van der Waals surface area (Å²) in [6, 6.07) is 11.3. The first-order chi connectivity index (χ1) is 9.61. The molecule has 2 rings (SSSR count). The number of hydrogen-bond acceptors (Lipinski definition) is 4. The van der Waals surface area contributed by atoms with Crippen LogP contribution in [0.3, 0.4) is 0 Å². The van der Waals surface area contributed by atoms with E-state index in [0.717, 1.165) is 5.56 Å². The van der Waals surface area contributed by atoms with E-state index in [4.69, 9.17) is 4.74 Å². The number of phenolic OH excluding ortho intramolecular Hbond substituents is 1. The number of aromatic hydroxyl groups is 1. The first kappa shape index (κ1) is 13.6. The van der Waals surface area contributed by atoms with Crippen LogP contribution in [0.2, 0.25) is 0 Å². The van der Waals surface area contributed by atoms with Crippen LogP contribution in [0, 0.1) is 10.1 Å². The van der Waals surface area contributed by atoms with E-state index in [9.17, 15) is 15.2 Å². The highest BCUT2D eigenvalue weighted by atomic mass is 16.6. The standard InChI is InChI=1S/C15H13NO4/c1-20-15-5-3-2-4-11(15)6-7-12-10-13(16(18)19)8-9-14(12)17/h2-10,17H,1H3/b7-6+. The third-order valence-electron chi connectivity index (χ3n) is 2.80. The fourth-order valence-corrected chi connectivity index (χ4v) is 1.77. The zero-order valence-electron chi connectivity index (χ0n) is 10.8. The van der Waals surface area contributed by atoms with Crippen LogP contribution in [-0.2, 0) is 0 Å². The Bertz CT molecular complexity index is 665. The van der Waals surface area contributed by atoms with Crippen molar-refractivity contribution in [1.29, 1.82) is 0 Å². The van der Waals surface area contributed by atoms with Gasteiger partial charge < -0.3 is 9.84 Å². The van der Waals surface area contributed by atoms with Gasteiger partial charge in [-0.25, -0.2) is 0 Å². The van der Waals surface area contributed by atoms with Crippen LogP contribution in [0.25, 0.3) is 12.2 Å². The molecule has 2 aromatic rings. The summed E-state index contributed by atoms with van der Waals surface area (Å²) in [4.78, 5) is 10.2. The fourth-order valence-electron chi connectivity index (χ4n) is 1.77. The number of para-hydroxylation sites is 1. The lowest BCUT2D eigenvalue weighted by atomic mass is 10.1. The van der Waals surface area contributed by atoms with E-state index in [0.29, 0.717) is 11.3 Å². The number of methoxy groups -OCH3 is 1. The number of phenols is 1. The molecule has 0 unspecified atom stereocenters. The van der Waals surface area contributed by atoms with Crippen LogP contribution in [0.1, 0.15) is 11.1 Å². The van der Waals surface area contributed by atoms with E-state index in [2.05, 4.69) is 0 Å². The molecular formula is C15H13NO4. The van der Waals surface area contributed by atoms with Gasteiger partial charge in [0.05, 0.1) is 12.0 Å². The van der Waals surface area contributed by atoms with E-state index in [1.165, 1.54) is 18.2 Å². The van der Waals surface area contributed by atoms with Gasteiger partial charge in [0.15, 0.2) is 0 Å². The first-order valence-electron chi connectivity index (χ1n) is 5.90. The molecule has 1 N–H and O–H groups in total. The fraction of sp³-hybridized carbons (Fsp3) is 0.0667. The zero-order chi connectivity index (χ0) is 14.5. The van der Waals surface area contributed by atoms with Crippen LogP contribution >= 0.6 is 0 Å². The van der Waals surface area contributed by atoms with E-state index in [1.54, 1.807) is 19.3 Å². The summed E-state index contributed by atoms with van der Waals surface area (Å²) in [5.41, 5.74) is 1.13. The molecule has 5 heteroatoms. The number of nitro groups is 1. The van der Waals surface area contributed by atoms with Crippen molar-refractivity contribution in [2.45, 2.75) is 0 Å². The summed E-state index contributed by atoms with van der Waals surface area (Å²) in [6.45, 7) is 0. The Morgan fingerprint density at radius 3 is 2.55 bits per heavy atom. The number of rotatable bonds is 4. The van der Waals surface area contributed by atoms with Crippen molar-refractivity contribution < 1.29 is 14.8 Å². The van der Waals surface area contributed by atoms with E-state index in [1.807, 2.05) is 24.3 Å². The van der Waals surface area contributed by atoms with Crippen molar-refractivity contribution >= 4 is 17.8 Å². The smallest absolute Gasteiger partial charge is 0.270 e. The average molecular weight is 271 g/mol. The lowest BCUT2D eigenvalue weighted by Gasteiger charge is -2.04. The number of nitro benzene ring substituents is 1. The van der Waals surface area contributed by atoms with Gasteiger partial charge in [-0.05, 0) is 12.1 Å². The quantitative estimate of drug-likeness (QED) is 0.525. The minimum absolute atomic E-state index is 0.0123. The molecule has 0 saturated carbocycles. The molecule has 0 fully saturated rings. The van der Waals surface area contributed by atoms with Gasteiger partial charge in [-0.1, -0.05) is 30.4 Å². The molecule has 0 radical (unpaired) electrons. The average Bonchev–Trinajstić information content (AvgIpc) is 2.46. The highest BCUT2D eigenvalue weighted by molar-refractivity contribution is 5.75. The van der Waals surface area contributed by atoms with E-state index in [-0.39, 0.29) is 11.4 Å². The van der Waals surface area contributed by atoms with Crippen LogP contribution < -0.4 is 4.74 Å². The van der Waals surface area contributed by atoms with Gasteiger partial charge in [-0.3, -0.25) is 10.1 Å². The van der Waals surface area contributed by atoms with Crippen molar-refractivity contribution in [3.05, 3.63) is 63.7 Å². The van der Waals surface area contributed by atoms with Crippen molar-refractivity contribution in [3.63, 3.8) is 0 Å². The summed E-state index contributed by atoms with van der Waals surface area (Å²) in [7, 11) is 1.57. The molecule has 0 aliphatic heterocycles. The molecule has 0 aliphatic rings. The summed E-state index contributed by atoms with van der Waals surface area (Å²) in [5.74, 6) is 0.676. The van der Waals surface area contributed by atoms with Gasteiger partial charge in [0.1, 0.15) is 11.5 Å². The first-order valence-corrected chi connectivity index (χ1v) is 5.90. The van der Waals surface area contributed by atoms with E-state index >= 15 is 0 Å². The molecule has 0 aliphatic carbocycles. The highest BCUT2D eigenvalue weighted by Crippen LogP contribution is 2.26. The van der Waals surface area contributed by atoms with Crippen LogP contribution in [0.5, 0.6) is 11.5 Å². The third kappa shape index (κ3) is 2.95. The van der Waals surface area contributed by atoms with Crippen molar-refractivity contribution in [2.75, 3.05) is 7.11 Å². The Morgan fingerprint density at radius 2 is 1.85 bits per heavy atom. The summed E-state index contributed by atoms with van der Waals surface area (Å²) in [6.07, 6.45) is 3.35. The predicted octanol–water partition coefficient (Wildman–Crippen LogP) is 3.48. The summed E-state index contributed by atoms with van der Waals surface area (Å²) in [5, 5.41) is 20.4. The van der Waals surface area contributed by atoms with Gasteiger partial charge in [-0.2, -0.15) is 0 Å². The SMILES string of the molecule is COc1ccccc1/C=C/c1cc([N+](=O)[O-])ccc1O. The van der Waals surface area contributed by atoms with Gasteiger partial charge in [0.2, 0.25) is 0 Å². The highest BCUT2D eigenvalue weighted by Gasteiger charge is 2.08. The molecule has 0 heterocycles. The van der Waals surface area contributed by atoms with Crippen molar-refractivity contribution in [2.24, 2.45) is 0 Å². The Hall–Kier alpha value is -2.82. The Kier molecular flexibility index (Phi) is 4.00.